The first-order valence-electron chi connectivity index (χ1n) is 12.3. The second kappa shape index (κ2) is 11.3. The van der Waals surface area contributed by atoms with Gasteiger partial charge in [-0.2, -0.15) is 0 Å². The van der Waals surface area contributed by atoms with Crippen molar-refractivity contribution in [3.8, 4) is 11.5 Å². The number of nitrogens with one attached hydrogen (secondary N) is 1. The molecule has 0 unspecified atom stereocenters. The second-order valence-corrected chi connectivity index (χ2v) is 10.4. The number of ether oxygens (including phenoxy) is 2. The number of amides is 1. The normalized spacial score (nSPS) is 14.8. The van der Waals surface area contributed by atoms with E-state index in [9.17, 15) is 14.4 Å². The predicted molar refractivity (Wildman–Crippen MR) is 155 cm³/mol. The van der Waals surface area contributed by atoms with Crippen LogP contribution in [0.15, 0.2) is 93.9 Å². The van der Waals surface area contributed by atoms with Gasteiger partial charge in [0.05, 0.1) is 29.0 Å². The minimum atomic E-state index is -0.722. The van der Waals surface area contributed by atoms with Gasteiger partial charge < -0.3 is 14.8 Å². The Morgan fingerprint density at radius 3 is 2.45 bits per heavy atom. The van der Waals surface area contributed by atoms with Crippen LogP contribution in [0.25, 0.3) is 6.08 Å². The number of methoxy groups -OCH3 is 1. The van der Waals surface area contributed by atoms with Gasteiger partial charge in [0.2, 0.25) is 0 Å². The summed E-state index contributed by atoms with van der Waals surface area (Å²) in [5, 5.41) is 3.47. The molecule has 202 valence electrons. The molecule has 1 atom stereocenters. The first-order chi connectivity index (χ1) is 19.2. The lowest BCUT2D eigenvalue weighted by atomic mass is 9.95. The van der Waals surface area contributed by atoms with E-state index in [0.717, 1.165) is 5.56 Å². The number of anilines is 1. The number of halogens is 1. The number of thiazole rings is 1. The molecular weight excluding hydrogens is 550 g/mol. The van der Waals surface area contributed by atoms with Crippen molar-refractivity contribution in [2.75, 3.05) is 12.4 Å². The quantitative estimate of drug-likeness (QED) is 0.271. The van der Waals surface area contributed by atoms with Crippen LogP contribution in [-0.4, -0.2) is 23.6 Å². The summed E-state index contributed by atoms with van der Waals surface area (Å²) in [6.45, 7) is 3.07. The molecule has 1 aliphatic rings. The molecule has 1 aromatic heterocycles. The number of aromatic nitrogens is 1. The molecule has 0 bridgehead atoms. The van der Waals surface area contributed by atoms with Crippen molar-refractivity contribution < 1.29 is 19.1 Å². The molecule has 10 heteroatoms. The van der Waals surface area contributed by atoms with Crippen LogP contribution in [0.5, 0.6) is 11.5 Å². The van der Waals surface area contributed by atoms with Gasteiger partial charge in [-0.05, 0) is 60.5 Å². The lowest BCUT2D eigenvalue weighted by Crippen LogP contribution is -2.40. The number of fused-ring (bicyclic) bond motifs is 1. The molecule has 8 nitrogen and oxygen atoms in total. The average molecular weight is 574 g/mol. The Kier molecular flexibility index (Phi) is 7.68. The number of para-hydroxylation sites is 1. The summed E-state index contributed by atoms with van der Waals surface area (Å²) in [5.74, 6) is -0.191. The number of hydrogen-bond acceptors (Lipinski definition) is 7. The standard InChI is InChI=1S/C30H24ClN3O5S/c1-17-26(28(36)33-22-7-5-4-6-8-22)27(20-10-12-21(31)13-11-20)34-29(37)25(40-30(34)32-17)16-19-9-14-23(39-18(2)35)24(15-19)38-3/h4-16,27H,1-3H3,(H,33,36)/b25-16+/t27-/m0/s1. The van der Waals surface area contributed by atoms with Gasteiger partial charge in [-0.15, -0.1) is 0 Å². The second-order valence-electron chi connectivity index (χ2n) is 8.96. The van der Waals surface area contributed by atoms with Crippen LogP contribution < -0.4 is 29.7 Å². The number of allylic oxidation sites excluding steroid dienone is 1. The lowest BCUT2D eigenvalue weighted by molar-refractivity contribution is -0.132. The molecule has 4 aromatic rings. The van der Waals surface area contributed by atoms with Gasteiger partial charge in [0, 0.05) is 17.6 Å². The van der Waals surface area contributed by atoms with Crippen molar-refractivity contribution in [1.82, 2.24) is 4.57 Å². The van der Waals surface area contributed by atoms with Gasteiger partial charge >= 0.3 is 5.97 Å². The number of nitrogens with zero attached hydrogens (tertiary/aromatic N) is 2. The molecule has 0 aliphatic carbocycles. The van der Waals surface area contributed by atoms with Crippen molar-refractivity contribution in [3.63, 3.8) is 0 Å². The Balaban J connectivity index is 1.63. The molecular formula is C30H24ClN3O5S. The van der Waals surface area contributed by atoms with E-state index in [1.165, 1.54) is 29.9 Å². The van der Waals surface area contributed by atoms with Crippen LogP contribution in [0.2, 0.25) is 5.02 Å². The minimum Gasteiger partial charge on any atom is -0.493 e. The zero-order valence-corrected chi connectivity index (χ0v) is 23.4. The fraction of sp³-hybridized carbons (Fsp3) is 0.133. The number of carbonyl (C=O) groups excluding carboxylic acids is 2. The van der Waals surface area contributed by atoms with Crippen molar-refractivity contribution in [1.29, 1.82) is 0 Å². The van der Waals surface area contributed by atoms with E-state index in [-0.39, 0.29) is 17.2 Å². The van der Waals surface area contributed by atoms with Crippen molar-refractivity contribution >= 4 is 46.6 Å². The van der Waals surface area contributed by atoms with Crippen LogP contribution in [0.3, 0.4) is 0 Å². The summed E-state index contributed by atoms with van der Waals surface area (Å²) < 4.78 is 12.5. The maximum absolute atomic E-state index is 13.9. The number of benzene rings is 3. The Bertz CT molecular complexity index is 1830. The highest BCUT2D eigenvalue weighted by Gasteiger charge is 2.32. The van der Waals surface area contributed by atoms with Gasteiger partial charge in [-0.25, -0.2) is 4.99 Å². The lowest BCUT2D eigenvalue weighted by Gasteiger charge is -2.25. The molecule has 1 aliphatic heterocycles. The molecule has 1 amide bonds. The van der Waals surface area contributed by atoms with Crippen molar-refractivity contribution in [3.05, 3.63) is 120 Å². The van der Waals surface area contributed by atoms with Gasteiger partial charge in [-0.1, -0.05) is 59.3 Å². The van der Waals surface area contributed by atoms with Crippen LogP contribution in [0.1, 0.15) is 31.0 Å². The zero-order chi connectivity index (χ0) is 28.4. The summed E-state index contributed by atoms with van der Waals surface area (Å²) in [6, 6.07) is 20.5. The van der Waals surface area contributed by atoms with Crippen molar-refractivity contribution in [2.24, 2.45) is 4.99 Å². The first-order valence-corrected chi connectivity index (χ1v) is 13.5. The molecule has 1 N–H and O–H groups in total. The van der Waals surface area contributed by atoms with E-state index in [1.807, 2.05) is 18.2 Å². The summed E-state index contributed by atoms with van der Waals surface area (Å²) in [4.78, 5) is 44.0. The predicted octanol–water partition coefficient (Wildman–Crippen LogP) is 4.46. The molecule has 0 radical (unpaired) electrons. The number of hydrogen-bond donors (Lipinski definition) is 1. The third kappa shape index (κ3) is 5.47. The maximum Gasteiger partial charge on any atom is 0.308 e. The van der Waals surface area contributed by atoms with E-state index in [0.29, 0.717) is 42.6 Å². The maximum atomic E-state index is 13.9. The highest BCUT2D eigenvalue weighted by atomic mass is 35.5. The van der Waals surface area contributed by atoms with E-state index >= 15 is 0 Å². The molecule has 2 heterocycles. The molecule has 0 fully saturated rings. The molecule has 0 saturated heterocycles. The number of carbonyl (C=O) groups is 2. The summed E-state index contributed by atoms with van der Waals surface area (Å²) >= 11 is 7.37. The Morgan fingerprint density at radius 1 is 1.05 bits per heavy atom. The third-order valence-electron chi connectivity index (χ3n) is 6.22. The van der Waals surface area contributed by atoms with Gasteiger partial charge in [-0.3, -0.25) is 19.0 Å². The van der Waals surface area contributed by atoms with Gasteiger partial charge in [0.15, 0.2) is 16.3 Å². The van der Waals surface area contributed by atoms with Crippen LogP contribution >= 0.6 is 22.9 Å². The highest BCUT2D eigenvalue weighted by molar-refractivity contribution is 7.07. The molecule has 3 aromatic carbocycles. The summed E-state index contributed by atoms with van der Waals surface area (Å²) in [6.07, 6.45) is 1.71. The smallest absolute Gasteiger partial charge is 0.308 e. The van der Waals surface area contributed by atoms with Crippen molar-refractivity contribution in [2.45, 2.75) is 19.9 Å². The monoisotopic (exact) mass is 573 g/mol. The largest absolute Gasteiger partial charge is 0.493 e. The average Bonchev–Trinajstić information content (AvgIpc) is 3.23. The highest BCUT2D eigenvalue weighted by Crippen LogP contribution is 2.32. The Morgan fingerprint density at radius 2 is 1.77 bits per heavy atom. The van der Waals surface area contributed by atoms with E-state index in [4.69, 9.17) is 21.1 Å². The minimum absolute atomic E-state index is 0.279. The Labute approximate surface area is 238 Å². The number of rotatable bonds is 6. The molecule has 40 heavy (non-hydrogen) atoms. The van der Waals surface area contributed by atoms with Crippen LogP contribution in [0.4, 0.5) is 5.69 Å². The zero-order valence-electron chi connectivity index (χ0n) is 21.8. The molecule has 0 saturated carbocycles. The molecule has 5 rings (SSSR count). The Hall–Kier alpha value is -4.47. The van der Waals surface area contributed by atoms with Crippen LogP contribution in [-0.2, 0) is 9.59 Å². The van der Waals surface area contributed by atoms with Gasteiger partial charge in [0.1, 0.15) is 0 Å². The van der Waals surface area contributed by atoms with Gasteiger partial charge in [0.25, 0.3) is 11.5 Å². The summed E-state index contributed by atoms with van der Waals surface area (Å²) in [7, 11) is 1.47. The van der Waals surface area contributed by atoms with E-state index < -0.39 is 12.0 Å². The molecule has 0 spiro atoms. The van der Waals surface area contributed by atoms with E-state index in [1.54, 1.807) is 67.6 Å². The topological polar surface area (TPSA) is 99.0 Å². The van der Waals surface area contributed by atoms with Crippen LogP contribution in [0, 0.1) is 0 Å². The van der Waals surface area contributed by atoms with E-state index in [2.05, 4.69) is 10.3 Å². The SMILES string of the molecule is COc1cc(/C=c2/sc3n(c2=O)[C@@H](c2ccc(Cl)cc2)C(C(=O)Nc2ccccc2)=C(C)N=3)ccc1OC(C)=O. The fourth-order valence-corrected chi connectivity index (χ4v) is 5.63. The summed E-state index contributed by atoms with van der Waals surface area (Å²) in [5.41, 5.74) is 2.58. The number of esters is 1. The fourth-order valence-electron chi connectivity index (χ4n) is 4.46. The first kappa shape index (κ1) is 27.1. The third-order valence-corrected chi connectivity index (χ3v) is 7.46.